The Hall–Kier alpha value is -0.820. The van der Waals surface area contributed by atoms with Crippen LogP contribution >= 0.6 is 11.8 Å². The lowest BCUT2D eigenvalue weighted by Gasteiger charge is -2.01. The van der Waals surface area contributed by atoms with Crippen LogP contribution < -0.4 is 0 Å². The molecule has 0 saturated heterocycles. The standard InChI is InChI=1S/C8H11NO4S2/c1-5(2)14-3-6-4-15(12,13)7(9-6)8(10)11/h4-5H,3H2,1-2H3,(H,10,11). The van der Waals surface area contributed by atoms with Crippen LogP contribution in [0.25, 0.3) is 0 Å². The van der Waals surface area contributed by atoms with Gasteiger partial charge < -0.3 is 5.11 Å². The van der Waals surface area contributed by atoms with E-state index in [1.807, 2.05) is 13.8 Å². The summed E-state index contributed by atoms with van der Waals surface area (Å²) in [7, 11) is -3.81. The van der Waals surface area contributed by atoms with Crippen molar-refractivity contribution in [3.63, 3.8) is 0 Å². The average Bonchev–Trinajstić information content (AvgIpc) is 2.37. The van der Waals surface area contributed by atoms with E-state index < -0.39 is 20.9 Å². The molecule has 0 unspecified atom stereocenters. The number of nitrogens with zero attached hydrogens (tertiary/aromatic N) is 1. The van der Waals surface area contributed by atoms with Gasteiger partial charge in [-0.25, -0.2) is 18.2 Å². The summed E-state index contributed by atoms with van der Waals surface area (Å²) in [5.41, 5.74) is 0.297. The van der Waals surface area contributed by atoms with Gasteiger partial charge in [0.25, 0.3) is 0 Å². The predicted octanol–water partition coefficient (Wildman–Crippen LogP) is 0.881. The van der Waals surface area contributed by atoms with Gasteiger partial charge in [0.2, 0.25) is 14.9 Å². The maximum atomic E-state index is 11.3. The first kappa shape index (κ1) is 12.3. The molecule has 0 aromatic carbocycles. The Labute approximate surface area is 92.2 Å². The molecule has 0 spiro atoms. The van der Waals surface area contributed by atoms with Gasteiger partial charge in [-0.15, -0.1) is 0 Å². The normalized spacial score (nSPS) is 18.9. The topological polar surface area (TPSA) is 83.8 Å². The molecule has 1 aliphatic rings. The van der Waals surface area contributed by atoms with Crippen LogP contribution in [0.1, 0.15) is 13.8 Å². The van der Waals surface area contributed by atoms with Crippen LogP contribution in [0.3, 0.4) is 0 Å². The lowest BCUT2D eigenvalue weighted by atomic mass is 10.6. The number of carbonyl (C=O) groups is 1. The van der Waals surface area contributed by atoms with Crippen molar-refractivity contribution in [2.24, 2.45) is 4.99 Å². The van der Waals surface area contributed by atoms with Crippen LogP contribution in [-0.4, -0.2) is 35.5 Å². The van der Waals surface area contributed by atoms with Crippen molar-refractivity contribution in [2.75, 3.05) is 5.75 Å². The van der Waals surface area contributed by atoms with Crippen molar-refractivity contribution in [2.45, 2.75) is 19.1 Å². The van der Waals surface area contributed by atoms with Crippen molar-refractivity contribution in [3.05, 3.63) is 11.1 Å². The molecule has 0 aromatic heterocycles. The minimum absolute atomic E-state index is 0.297. The van der Waals surface area contributed by atoms with Gasteiger partial charge in [0, 0.05) is 5.75 Å². The number of hydrogen-bond acceptors (Lipinski definition) is 5. The summed E-state index contributed by atoms with van der Waals surface area (Å²) in [5, 5.41) is 9.09. The van der Waals surface area contributed by atoms with E-state index in [0.29, 0.717) is 16.7 Å². The van der Waals surface area contributed by atoms with Crippen molar-refractivity contribution < 1.29 is 18.3 Å². The van der Waals surface area contributed by atoms with Crippen LogP contribution in [0.15, 0.2) is 16.1 Å². The second-order valence-corrected chi connectivity index (χ2v) is 6.51. The Bertz CT molecular complexity index is 434. The van der Waals surface area contributed by atoms with Crippen LogP contribution in [0.5, 0.6) is 0 Å². The Morgan fingerprint density at radius 2 is 2.20 bits per heavy atom. The molecule has 0 fully saturated rings. The Morgan fingerprint density at radius 3 is 2.60 bits per heavy atom. The molecule has 0 atom stereocenters. The molecule has 1 heterocycles. The number of aliphatic imine (C=N–C) groups is 1. The third kappa shape index (κ3) is 3.07. The highest BCUT2D eigenvalue weighted by molar-refractivity contribution is 8.11. The van der Waals surface area contributed by atoms with E-state index in [1.165, 1.54) is 11.8 Å². The molecule has 0 radical (unpaired) electrons. The number of sulfone groups is 1. The molecule has 0 amide bonds. The average molecular weight is 249 g/mol. The summed E-state index contributed by atoms with van der Waals surface area (Å²) in [6.07, 6.45) is 0. The Morgan fingerprint density at radius 1 is 1.60 bits per heavy atom. The number of hydrogen-bond donors (Lipinski definition) is 1. The first-order valence-corrected chi connectivity index (χ1v) is 6.81. The highest BCUT2D eigenvalue weighted by Crippen LogP contribution is 2.21. The second-order valence-electron chi connectivity index (χ2n) is 3.24. The first-order valence-electron chi connectivity index (χ1n) is 4.22. The SMILES string of the molecule is CC(C)SCC1=CS(=O)(=O)C(C(=O)O)=N1. The quantitative estimate of drug-likeness (QED) is 0.799. The molecule has 5 nitrogen and oxygen atoms in total. The molecular formula is C8H11NO4S2. The van der Waals surface area contributed by atoms with Gasteiger partial charge >= 0.3 is 5.97 Å². The van der Waals surface area contributed by atoms with Crippen molar-refractivity contribution in [1.29, 1.82) is 0 Å². The van der Waals surface area contributed by atoms with Gasteiger partial charge in [-0.05, 0) is 5.25 Å². The van der Waals surface area contributed by atoms with E-state index >= 15 is 0 Å². The summed E-state index contributed by atoms with van der Waals surface area (Å²) >= 11 is 1.51. The Balaban J connectivity index is 2.84. The molecule has 84 valence electrons. The highest BCUT2D eigenvalue weighted by Gasteiger charge is 2.30. The molecule has 7 heteroatoms. The fourth-order valence-electron chi connectivity index (χ4n) is 0.943. The van der Waals surface area contributed by atoms with Gasteiger partial charge in [-0.1, -0.05) is 13.8 Å². The Kier molecular flexibility index (Phi) is 3.56. The minimum atomic E-state index is -3.81. The van der Waals surface area contributed by atoms with Gasteiger partial charge in [0.1, 0.15) is 0 Å². The van der Waals surface area contributed by atoms with Gasteiger partial charge in [-0.2, -0.15) is 11.8 Å². The molecule has 15 heavy (non-hydrogen) atoms. The van der Waals surface area contributed by atoms with Crippen LogP contribution in [0.2, 0.25) is 0 Å². The van der Waals surface area contributed by atoms with Crippen LogP contribution in [-0.2, 0) is 14.6 Å². The van der Waals surface area contributed by atoms with Crippen LogP contribution in [0, 0.1) is 0 Å². The molecule has 0 aliphatic carbocycles. The minimum Gasteiger partial charge on any atom is -0.476 e. The molecule has 0 aromatic rings. The molecule has 0 saturated carbocycles. The molecule has 0 bridgehead atoms. The van der Waals surface area contributed by atoms with Gasteiger partial charge in [0.15, 0.2) is 0 Å². The van der Waals surface area contributed by atoms with E-state index in [4.69, 9.17) is 5.11 Å². The van der Waals surface area contributed by atoms with E-state index in [9.17, 15) is 13.2 Å². The summed E-state index contributed by atoms with van der Waals surface area (Å²) < 4.78 is 22.5. The number of rotatable bonds is 4. The first-order chi connectivity index (χ1) is 6.83. The lowest BCUT2D eigenvalue weighted by Crippen LogP contribution is -2.19. The number of thioether (sulfide) groups is 1. The summed E-state index contributed by atoms with van der Waals surface area (Å²) in [6, 6.07) is 0. The van der Waals surface area contributed by atoms with E-state index in [0.717, 1.165) is 5.41 Å². The number of aliphatic carboxylic acids is 1. The monoisotopic (exact) mass is 249 g/mol. The molecular weight excluding hydrogens is 238 g/mol. The van der Waals surface area contributed by atoms with Gasteiger partial charge in [-0.3, -0.25) is 0 Å². The summed E-state index contributed by atoms with van der Waals surface area (Å²) in [4.78, 5) is 14.1. The zero-order chi connectivity index (χ0) is 11.6. The molecule has 1 aliphatic heterocycles. The second kappa shape index (κ2) is 4.36. The summed E-state index contributed by atoms with van der Waals surface area (Å²) in [6.45, 7) is 3.94. The predicted molar refractivity (Wildman–Crippen MR) is 59.7 cm³/mol. The lowest BCUT2D eigenvalue weighted by molar-refractivity contribution is -0.129. The zero-order valence-corrected chi connectivity index (χ0v) is 9.93. The maximum absolute atomic E-state index is 11.3. The largest absolute Gasteiger partial charge is 0.476 e. The maximum Gasteiger partial charge on any atom is 0.366 e. The van der Waals surface area contributed by atoms with E-state index in [2.05, 4.69) is 4.99 Å². The fraction of sp³-hybridized carbons (Fsp3) is 0.500. The fourth-order valence-corrected chi connectivity index (χ4v) is 2.79. The zero-order valence-electron chi connectivity index (χ0n) is 8.30. The third-order valence-corrected chi connectivity index (χ3v) is 4.07. The van der Waals surface area contributed by atoms with Crippen molar-refractivity contribution in [1.82, 2.24) is 0 Å². The molecule has 1 N–H and O–H groups in total. The number of carboxylic acids is 1. The van der Waals surface area contributed by atoms with Crippen molar-refractivity contribution >= 4 is 32.6 Å². The van der Waals surface area contributed by atoms with E-state index in [-0.39, 0.29) is 0 Å². The van der Waals surface area contributed by atoms with E-state index in [1.54, 1.807) is 0 Å². The number of carboxylic acid groups (broad SMARTS) is 1. The third-order valence-electron chi connectivity index (χ3n) is 1.55. The smallest absolute Gasteiger partial charge is 0.366 e. The van der Waals surface area contributed by atoms with Gasteiger partial charge in [0.05, 0.1) is 11.1 Å². The summed E-state index contributed by atoms with van der Waals surface area (Å²) in [5.74, 6) is -1.09. The van der Waals surface area contributed by atoms with Crippen LogP contribution in [0.4, 0.5) is 0 Å². The molecule has 1 rings (SSSR count). The van der Waals surface area contributed by atoms with Crippen molar-refractivity contribution in [3.8, 4) is 0 Å². The highest BCUT2D eigenvalue weighted by atomic mass is 32.2.